The smallest absolute Gasteiger partial charge is 0.419 e. The highest BCUT2D eigenvalue weighted by atomic mass is 79.9. The molecule has 0 fully saturated rings. The van der Waals surface area contributed by atoms with Gasteiger partial charge >= 0.3 is 6.18 Å². The van der Waals surface area contributed by atoms with Crippen LogP contribution in [0.4, 0.5) is 18.9 Å². The summed E-state index contributed by atoms with van der Waals surface area (Å²) in [5.41, 5.74) is 5.95. The van der Waals surface area contributed by atoms with Crippen molar-refractivity contribution in [2.75, 3.05) is 5.73 Å². The fourth-order valence-electron chi connectivity index (χ4n) is 1.68. The first-order valence-electron chi connectivity index (χ1n) is 5.68. The minimum atomic E-state index is -4.48. The van der Waals surface area contributed by atoms with Crippen LogP contribution in [-0.2, 0) is 6.18 Å². The zero-order valence-corrected chi connectivity index (χ0v) is 12.0. The molecule has 0 amide bonds. The molecule has 0 aromatic heterocycles. The van der Waals surface area contributed by atoms with Crippen LogP contribution in [0.3, 0.4) is 0 Å². The fraction of sp³-hybridized carbons (Fsp3) is 0.143. The minimum absolute atomic E-state index is 0.263. The average molecular weight is 346 g/mol. The largest absolute Gasteiger partial charge is 0.456 e. The zero-order valence-electron chi connectivity index (χ0n) is 10.5. The Kier molecular flexibility index (Phi) is 3.94. The van der Waals surface area contributed by atoms with Crippen molar-refractivity contribution >= 4 is 21.6 Å². The first-order valence-corrected chi connectivity index (χ1v) is 6.48. The van der Waals surface area contributed by atoms with Gasteiger partial charge in [-0.1, -0.05) is 22.0 Å². The Morgan fingerprint density at radius 3 is 2.45 bits per heavy atom. The van der Waals surface area contributed by atoms with Crippen LogP contribution in [-0.4, -0.2) is 0 Å². The lowest BCUT2D eigenvalue weighted by Crippen LogP contribution is -2.07. The quantitative estimate of drug-likeness (QED) is 0.763. The average Bonchev–Trinajstić information content (AvgIpc) is 2.33. The van der Waals surface area contributed by atoms with Crippen molar-refractivity contribution in [3.8, 4) is 11.5 Å². The summed E-state index contributed by atoms with van der Waals surface area (Å²) in [6, 6.07) is 8.44. The standard InChI is InChI=1S/C14H11BrF3NO/c1-8-11(19)3-2-4-12(8)20-13-7-9(15)5-6-10(13)14(16,17)18/h2-7H,19H2,1H3. The molecule has 0 radical (unpaired) electrons. The maximum absolute atomic E-state index is 12.9. The van der Waals surface area contributed by atoms with Gasteiger partial charge in [-0.25, -0.2) is 0 Å². The molecule has 2 aromatic carbocycles. The number of benzene rings is 2. The zero-order chi connectivity index (χ0) is 14.9. The molecule has 0 spiro atoms. The van der Waals surface area contributed by atoms with E-state index in [0.29, 0.717) is 21.5 Å². The van der Waals surface area contributed by atoms with Gasteiger partial charge in [0.1, 0.15) is 11.5 Å². The van der Waals surface area contributed by atoms with Crippen molar-refractivity contribution in [3.05, 3.63) is 52.0 Å². The van der Waals surface area contributed by atoms with Crippen molar-refractivity contribution in [3.63, 3.8) is 0 Å². The van der Waals surface area contributed by atoms with E-state index in [0.717, 1.165) is 6.07 Å². The Labute approximate surface area is 122 Å². The third-order valence-electron chi connectivity index (χ3n) is 2.79. The molecule has 2 aromatic rings. The molecule has 2 rings (SSSR count). The van der Waals surface area contributed by atoms with Gasteiger partial charge in [-0.3, -0.25) is 0 Å². The first kappa shape index (κ1) is 14.7. The lowest BCUT2D eigenvalue weighted by atomic mass is 10.1. The predicted octanol–water partition coefficient (Wildman–Crippen LogP) is 5.15. The van der Waals surface area contributed by atoms with Crippen LogP contribution < -0.4 is 10.5 Å². The SMILES string of the molecule is Cc1c(N)cccc1Oc1cc(Br)ccc1C(F)(F)F. The maximum Gasteiger partial charge on any atom is 0.419 e. The minimum Gasteiger partial charge on any atom is -0.456 e. The maximum atomic E-state index is 12.9. The van der Waals surface area contributed by atoms with Gasteiger partial charge in [-0.05, 0) is 37.3 Å². The number of rotatable bonds is 2. The fourth-order valence-corrected chi connectivity index (χ4v) is 2.02. The van der Waals surface area contributed by atoms with Crippen molar-refractivity contribution in [2.24, 2.45) is 0 Å². The summed E-state index contributed by atoms with van der Waals surface area (Å²) in [4.78, 5) is 0. The van der Waals surface area contributed by atoms with Crippen LogP contribution in [0.1, 0.15) is 11.1 Å². The molecule has 0 saturated carbocycles. The molecule has 20 heavy (non-hydrogen) atoms. The molecule has 0 unspecified atom stereocenters. The van der Waals surface area contributed by atoms with E-state index in [2.05, 4.69) is 15.9 Å². The highest BCUT2D eigenvalue weighted by Crippen LogP contribution is 2.40. The second-order valence-electron chi connectivity index (χ2n) is 4.21. The van der Waals surface area contributed by atoms with Gasteiger partial charge in [0.25, 0.3) is 0 Å². The van der Waals surface area contributed by atoms with E-state index in [4.69, 9.17) is 10.5 Å². The van der Waals surface area contributed by atoms with Gasteiger partial charge < -0.3 is 10.5 Å². The summed E-state index contributed by atoms with van der Waals surface area (Å²) in [7, 11) is 0. The molecule has 0 aliphatic carbocycles. The normalized spacial score (nSPS) is 11.4. The summed E-state index contributed by atoms with van der Waals surface area (Å²) in [5.74, 6) is 0.0363. The van der Waals surface area contributed by atoms with Gasteiger partial charge in [-0.2, -0.15) is 13.2 Å². The number of alkyl halides is 3. The van der Waals surface area contributed by atoms with Crippen LogP contribution >= 0.6 is 15.9 Å². The summed E-state index contributed by atoms with van der Waals surface area (Å²) in [6.45, 7) is 1.69. The van der Waals surface area contributed by atoms with Crippen LogP contribution in [0, 0.1) is 6.92 Å². The van der Waals surface area contributed by atoms with E-state index in [1.165, 1.54) is 12.1 Å². The molecule has 0 aliphatic rings. The first-order chi connectivity index (χ1) is 9.29. The Morgan fingerprint density at radius 1 is 1.10 bits per heavy atom. The Hall–Kier alpha value is -1.69. The van der Waals surface area contributed by atoms with Gasteiger partial charge in [0.2, 0.25) is 0 Å². The van der Waals surface area contributed by atoms with Crippen LogP contribution in [0.5, 0.6) is 11.5 Å². The molecule has 0 atom stereocenters. The van der Waals surface area contributed by atoms with Gasteiger partial charge in [0, 0.05) is 15.7 Å². The third kappa shape index (κ3) is 3.07. The molecule has 0 heterocycles. The van der Waals surface area contributed by atoms with Crippen molar-refractivity contribution in [1.82, 2.24) is 0 Å². The van der Waals surface area contributed by atoms with E-state index >= 15 is 0 Å². The highest BCUT2D eigenvalue weighted by molar-refractivity contribution is 9.10. The number of nitrogen functional groups attached to an aromatic ring is 1. The van der Waals surface area contributed by atoms with E-state index < -0.39 is 11.7 Å². The van der Waals surface area contributed by atoms with E-state index in [1.54, 1.807) is 25.1 Å². The van der Waals surface area contributed by atoms with E-state index in [9.17, 15) is 13.2 Å². The lowest BCUT2D eigenvalue weighted by molar-refractivity contribution is -0.138. The van der Waals surface area contributed by atoms with Crippen LogP contribution in [0.25, 0.3) is 0 Å². The predicted molar refractivity (Wildman–Crippen MR) is 74.8 cm³/mol. The molecule has 2 N–H and O–H groups in total. The Morgan fingerprint density at radius 2 is 1.80 bits per heavy atom. The number of nitrogens with two attached hydrogens (primary N) is 1. The highest BCUT2D eigenvalue weighted by Gasteiger charge is 2.34. The molecule has 2 nitrogen and oxygen atoms in total. The molecule has 0 saturated heterocycles. The molecule has 0 bridgehead atoms. The summed E-state index contributed by atoms with van der Waals surface area (Å²) in [6.07, 6.45) is -4.48. The monoisotopic (exact) mass is 345 g/mol. The summed E-state index contributed by atoms with van der Waals surface area (Å²) in [5, 5.41) is 0. The topological polar surface area (TPSA) is 35.2 Å². The molecule has 6 heteroatoms. The number of hydrogen-bond donors (Lipinski definition) is 1. The lowest BCUT2D eigenvalue weighted by Gasteiger charge is -2.15. The van der Waals surface area contributed by atoms with Crippen molar-refractivity contribution in [2.45, 2.75) is 13.1 Å². The van der Waals surface area contributed by atoms with Gasteiger partial charge in [0.05, 0.1) is 5.56 Å². The number of anilines is 1. The van der Waals surface area contributed by atoms with E-state index in [-0.39, 0.29) is 5.75 Å². The van der Waals surface area contributed by atoms with Crippen molar-refractivity contribution < 1.29 is 17.9 Å². The Bertz CT molecular complexity index is 641. The number of ether oxygens (including phenoxy) is 1. The summed E-state index contributed by atoms with van der Waals surface area (Å²) < 4.78 is 44.7. The molecule has 0 aliphatic heterocycles. The van der Waals surface area contributed by atoms with E-state index in [1.807, 2.05) is 0 Å². The molecule has 106 valence electrons. The third-order valence-corrected chi connectivity index (χ3v) is 3.29. The summed E-state index contributed by atoms with van der Waals surface area (Å²) >= 11 is 3.14. The second kappa shape index (κ2) is 5.36. The van der Waals surface area contributed by atoms with Crippen LogP contribution in [0.2, 0.25) is 0 Å². The Balaban J connectivity index is 2.48. The van der Waals surface area contributed by atoms with Gasteiger partial charge in [0.15, 0.2) is 0 Å². The van der Waals surface area contributed by atoms with Crippen molar-refractivity contribution in [1.29, 1.82) is 0 Å². The number of hydrogen-bond acceptors (Lipinski definition) is 2. The number of halogens is 4. The molecular formula is C14H11BrF3NO. The second-order valence-corrected chi connectivity index (χ2v) is 5.13. The van der Waals surface area contributed by atoms with Crippen LogP contribution in [0.15, 0.2) is 40.9 Å². The van der Waals surface area contributed by atoms with Gasteiger partial charge in [-0.15, -0.1) is 0 Å². The molecular weight excluding hydrogens is 335 g/mol.